The molecule has 1 rings (SSSR count). The Morgan fingerprint density at radius 2 is 1.80 bits per heavy atom. The zero-order chi connectivity index (χ0) is 15.3. The molecule has 0 aliphatic heterocycles. The molecule has 0 aliphatic rings. The summed E-state index contributed by atoms with van der Waals surface area (Å²) in [4.78, 5) is 0.733. The van der Waals surface area contributed by atoms with Gasteiger partial charge in [-0.05, 0) is 38.8 Å². The molecule has 0 heterocycles. The highest BCUT2D eigenvalue weighted by Gasteiger charge is 2.20. The first-order valence-electron chi connectivity index (χ1n) is 6.37. The van der Waals surface area contributed by atoms with E-state index < -0.39 is 16.2 Å². The van der Waals surface area contributed by atoms with E-state index >= 15 is 0 Å². The van der Waals surface area contributed by atoms with Crippen molar-refractivity contribution in [3.05, 3.63) is 17.7 Å². The average Bonchev–Trinajstić information content (AvgIpc) is 2.44. The van der Waals surface area contributed by atoms with Crippen molar-refractivity contribution >= 4 is 10.8 Å². The molecule has 0 fully saturated rings. The van der Waals surface area contributed by atoms with Crippen LogP contribution in [-0.2, 0) is 10.8 Å². The minimum atomic E-state index is -1.15. The predicted octanol–water partition coefficient (Wildman–Crippen LogP) is 3.06. The Balaban J connectivity index is 2.97. The van der Waals surface area contributed by atoms with Crippen molar-refractivity contribution in [2.24, 2.45) is 5.41 Å². The Morgan fingerprint density at radius 1 is 1.25 bits per heavy atom. The lowest BCUT2D eigenvalue weighted by atomic mass is 9.93. The fourth-order valence-electron chi connectivity index (χ4n) is 1.72. The van der Waals surface area contributed by atoms with Crippen molar-refractivity contribution in [1.29, 1.82) is 5.26 Å². The fourth-order valence-corrected chi connectivity index (χ4v) is 3.29. The summed E-state index contributed by atoms with van der Waals surface area (Å²) in [6.07, 6.45) is 0.587. The van der Waals surface area contributed by atoms with Crippen LogP contribution in [0.15, 0.2) is 17.0 Å². The molecule has 0 radical (unpaired) electrons. The van der Waals surface area contributed by atoms with E-state index in [1.54, 1.807) is 20.3 Å². The molecule has 0 saturated carbocycles. The number of nitrogens with zero attached hydrogens (tertiary/aromatic N) is 1. The van der Waals surface area contributed by atoms with E-state index in [9.17, 15) is 4.21 Å². The Hall–Kier alpha value is -1.54. The van der Waals surface area contributed by atoms with Crippen LogP contribution in [0.4, 0.5) is 0 Å². The molecule has 5 heteroatoms. The molecule has 0 saturated heterocycles. The minimum absolute atomic E-state index is 0.455. The smallest absolute Gasteiger partial charge is 0.161 e. The quantitative estimate of drug-likeness (QED) is 0.809. The molecular weight excluding hydrogens is 274 g/mol. The van der Waals surface area contributed by atoms with Gasteiger partial charge in [0.1, 0.15) is 0 Å². The second-order valence-electron chi connectivity index (χ2n) is 5.27. The lowest BCUT2D eigenvalue weighted by molar-refractivity contribution is 0.353. The summed E-state index contributed by atoms with van der Waals surface area (Å²) in [5.74, 6) is 1.65. The molecule has 1 aromatic carbocycles. The summed E-state index contributed by atoms with van der Waals surface area (Å²) in [5, 5.41) is 9.00. The number of methoxy groups -OCH3 is 2. The monoisotopic (exact) mass is 295 g/mol. The van der Waals surface area contributed by atoms with E-state index in [4.69, 9.17) is 14.7 Å². The van der Waals surface area contributed by atoms with E-state index in [0.29, 0.717) is 23.7 Å². The summed E-state index contributed by atoms with van der Waals surface area (Å²) in [5.41, 5.74) is 0.441. The van der Waals surface area contributed by atoms with Crippen LogP contribution in [0.5, 0.6) is 11.5 Å². The summed E-state index contributed by atoms with van der Waals surface area (Å²) < 4.78 is 22.9. The van der Waals surface area contributed by atoms with Crippen LogP contribution in [0, 0.1) is 23.7 Å². The van der Waals surface area contributed by atoms with Gasteiger partial charge >= 0.3 is 0 Å². The maximum Gasteiger partial charge on any atom is 0.161 e. The van der Waals surface area contributed by atoms with Crippen LogP contribution >= 0.6 is 0 Å². The summed E-state index contributed by atoms with van der Waals surface area (Å²) in [6.45, 7) is 5.60. The van der Waals surface area contributed by atoms with Gasteiger partial charge in [0.25, 0.3) is 0 Å². The molecule has 20 heavy (non-hydrogen) atoms. The standard InChI is InChI=1S/C15H21NO3S/c1-11-8-12(18-4)13(19-5)9-14(11)20(17)7-6-15(2,3)10-16/h8-9H,6-7H2,1-5H3/t20-/m1/s1. The highest BCUT2D eigenvalue weighted by molar-refractivity contribution is 7.85. The molecule has 0 spiro atoms. The summed E-state index contributed by atoms with van der Waals surface area (Å²) in [7, 11) is 1.98. The number of hydrogen-bond acceptors (Lipinski definition) is 4. The third-order valence-corrected chi connectivity index (χ3v) is 4.65. The number of rotatable bonds is 6. The second kappa shape index (κ2) is 6.76. The zero-order valence-electron chi connectivity index (χ0n) is 12.6. The Morgan fingerprint density at radius 3 is 2.30 bits per heavy atom. The largest absolute Gasteiger partial charge is 0.493 e. The van der Waals surface area contributed by atoms with Gasteiger partial charge in [0.15, 0.2) is 11.5 Å². The van der Waals surface area contributed by atoms with Crippen LogP contribution in [0.2, 0.25) is 0 Å². The van der Waals surface area contributed by atoms with Crippen molar-refractivity contribution in [2.75, 3.05) is 20.0 Å². The summed E-state index contributed by atoms with van der Waals surface area (Å²) in [6, 6.07) is 5.80. The van der Waals surface area contributed by atoms with Crippen LogP contribution < -0.4 is 9.47 Å². The SMILES string of the molecule is COc1cc(C)c([S@](=O)CCC(C)(C)C#N)cc1OC. The molecular formula is C15H21NO3S. The topological polar surface area (TPSA) is 59.3 Å². The van der Waals surface area contributed by atoms with Crippen molar-refractivity contribution in [2.45, 2.75) is 32.1 Å². The van der Waals surface area contributed by atoms with Crippen molar-refractivity contribution in [3.63, 3.8) is 0 Å². The van der Waals surface area contributed by atoms with Gasteiger partial charge in [-0.3, -0.25) is 4.21 Å². The maximum atomic E-state index is 12.4. The highest BCUT2D eigenvalue weighted by Crippen LogP contribution is 2.32. The van der Waals surface area contributed by atoms with E-state index in [2.05, 4.69) is 6.07 Å². The number of hydrogen-bond donors (Lipinski definition) is 0. The first kappa shape index (κ1) is 16.5. The molecule has 1 atom stereocenters. The lowest BCUT2D eigenvalue weighted by Crippen LogP contribution is -2.13. The Labute approximate surface area is 123 Å². The minimum Gasteiger partial charge on any atom is -0.493 e. The van der Waals surface area contributed by atoms with Crippen molar-refractivity contribution in [1.82, 2.24) is 0 Å². The predicted molar refractivity (Wildman–Crippen MR) is 79.6 cm³/mol. The maximum absolute atomic E-state index is 12.4. The number of ether oxygens (including phenoxy) is 2. The van der Waals surface area contributed by atoms with Crippen LogP contribution in [-0.4, -0.2) is 24.2 Å². The first-order valence-corrected chi connectivity index (χ1v) is 7.69. The molecule has 0 unspecified atom stereocenters. The van der Waals surface area contributed by atoms with Crippen molar-refractivity contribution in [3.8, 4) is 17.6 Å². The normalized spacial score (nSPS) is 12.6. The van der Waals surface area contributed by atoms with E-state index in [1.807, 2.05) is 26.8 Å². The van der Waals surface area contributed by atoms with E-state index in [-0.39, 0.29) is 0 Å². The molecule has 0 bridgehead atoms. The van der Waals surface area contributed by atoms with Gasteiger partial charge in [0.2, 0.25) is 0 Å². The fraction of sp³-hybridized carbons (Fsp3) is 0.533. The Kier molecular flexibility index (Phi) is 5.58. The molecule has 1 aromatic rings. The summed E-state index contributed by atoms with van der Waals surface area (Å²) >= 11 is 0. The van der Waals surface area contributed by atoms with Gasteiger partial charge in [-0.2, -0.15) is 5.26 Å². The Bertz CT molecular complexity index is 547. The van der Waals surface area contributed by atoms with Crippen LogP contribution in [0.1, 0.15) is 25.8 Å². The van der Waals surface area contributed by atoms with Crippen molar-refractivity contribution < 1.29 is 13.7 Å². The van der Waals surface area contributed by atoms with Crippen LogP contribution in [0.25, 0.3) is 0 Å². The molecule has 0 aliphatic carbocycles. The van der Waals surface area contributed by atoms with E-state index in [0.717, 1.165) is 10.5 Å². The third kappa shape index (κ3) is 3.97. The van der Waals surface area contributed by atoms with Gasteiger partial charge in [0.05, 0.1) is 36.5 Å². The van der Waals surface area contributed by atoms with Gasteiger partial charge < -0.3 is 9.47 Å². The highest BCUT2D eigenvalue weighted by atomic mass is 32.2. The molecule has 0 aromatic heterocycles. The first-order chi connectivity index (χ1) is 9.34. The zero-order valence-corrected chi connectivity index (χ0v) is 13.5. The number of aryl methyl sites for hydroxylation is 1. The second-order valence-corrected chi connectivity index (χ2v) is 6.81. The number of nitriles is 1. The van der Waals surface area contributed by atoms with E-state index in [1.165, 1.54) is 0 Å². The van der Waals surface area contributed by atoms with Gasteiger partial charge in [0, 0.05) is 16.7 Å². The molecule has 4 nitrogen and oxygen atoms in total. The van der Waals surface area contributed by atoms with Gasteiger partial charge in [-0.1, -0.05) is 0 Å². The van der Waals surface area contributed by atoms with Crippen LogP contribution in [0.3, 0.4) is 0 Å². The molecule has 0 N–H and O–H groups in total. The van der Waals surface area contributed by atoms with Gasteiger partial charge in [-0.15, -0.1) is 0 Å². The number of benzene rings is 1. The molecule has 0 amide bonds. The third-order valence-electron chi connectivity index (χ3n) is 3.14. The lowest BCUT2D eigenvalue weighted by Gasteiger charge is -2.16. The average molecular weight is 295 g/mol. The van der Waals surface area contributed by atoms with Gasteiger partial charge in [-0.25, -0.2) is 0 Å². The molecule has 110 valence electrons.